The number of hydrogen-bond acceptors (Lipinski definition) is 6. The Balaban J connectivity index is 1.48. The molecule has 4 aromatic carbocycles. The van der Waals surface area contributed by atoms with Gasteiger partial charge in [0.1, 0.15) is 23.0 Å². The van der Waals surface area contributed by atoms with Crippen molar-refractivity contribution in [3.63, 3.8) is 0 Å². The molecule has 0 aromatic heterocycles. The molecular weight excluding hydrogens is 562 g/mol. The van der Waals surface area contributed by atoms with Crippen LogP contribution < -0.4 is 31.6 Å². The lowest BCUT2D eigenvalue weighted by atomic mass is 10.1. The lowest BCUT2D eigenvalue weighted by Crippen LogP contribution is -2.14. The SMILES string of the molecule is NCCNc1cc(Oc2ccc(-c3ccc(Oc4cc(NCCN)cc(C(F)(F)F)c4)cc3)cc2)cc(C(F)(F)F)c1. The minimum atomic E-state index is -4.55. The molecule has 0 saturated heterocycles. The highest BCUT2D eigenvalue weighted by molar-refractivity contribution is 5.65. The number of nitrogens with two attached hydrogens (primary N) is 2. The summed E-state index contributed by atoms with van der Waals surface area (Å²) in [5, 5.41) is 5.66. The van der Waals surface area contributed by atoms with Crippen LogP contribution in [-0.2, 0) is 12.4 Å². The van der Waals surface area contributed by atoms with Crippen LogP contribution in [0.1, 0.15) is 11.1 Å². The van der Waals surface area contributed by atoms with E-state index in [0.717, 1.165) is 35.4 Å². The van der Waals surface area contributed by atoms with Gasteiger partial charge in [0.15, 0.2) is 0 Å². The van der Waals surface area contributed by atoms with Gasteiger partial charge in [0.25, 0.3) is 0 Å². The van der Waals surface area contributed by atoms with Crippen molar-refractivity contribution < 1.29 is 35.8 Å². The fraction of sp³-hybridized carbons (Fsp3) is 0.200. The summed E-state index contributed by atoms with van der Waals surface area (Å²) in [6, 6.07) is 20.1. The highest BCUT2D eigenvalue weighted by Crippen LogP contribution is 2.37. The number of anilines is 2. The zero-order valence-electron chi connectivity index (χ0n) is 22.2. The minimum Gasteiger partial charge on any atom is -0.457 e. The van der Waals surface area contributed by atoms with Crippen LogP contribution in [0.5, 0.6) is 23.0 Å². The molecule has 0 radical (unpaired) electrons. The summed E-state index contributed by atoms with van der Waals surface area (Å²) in [6.07, 6.45) is -9.11. The van der Waals surface area contributed by atoms with E-state index >= 15 is 0 Å². The Hall–Kier alpha value is -4.42. The molecule has 0 aliphatic carbocycles. The van der Waals surface area contributed by atoms with E-state index in [1.54, 1.807) is 48.5 Å². The standard InChI is InChI=1S/C30H28F6N4O2/c31-29(32,33)21-13-23(39-11-9-37)17-27(15-21)41-25-5-1-19(2-6-25)20-3-7-26(8-4-20)42-28-16-22(30(34,35)36)14-24(18-28)40-12-10-38/h1-8,13-18,39-40H,9-12,37-38H2. The van der Waals surface area contributed by atoms with E-state index in [4.69, 9.17) is 20.9 Å². The van der Waals surface area contributed by atoms with Gasteiger partial charge in [-0.05, 0) is 59.7 Å². The molecule has 0 atom stereocenters. The zero-order valence-corrected chi connectivity index (χ0v) is 22.2. The monoisotopic (exact) mass is 590 g/mol. The maximum absolute atomic E-state index is 13.4. The van der Waals surface area contributed by atoms with E-state index < -0.39 is 23.5 Å². The van der Waals surface area contributed by atoms with Crippen LogP contribution in [-0.4, -0.2) is 26.2 Å². The number of rotatable bonds is 11. The van der Waals surface area contributed by atoms with Crippen LogP contribution in [0.2, 0.25) is 0 Å². The number of nitrogens with one attached hydrogen (secondary N) is 2. The first-order valence-electron chi connectivity index (χ1n) is 12.8. The molecule has 0 spiro atoms. The Morgan fingerprint density at radius 1 is 0.500 bits per heavy atom. The number of halogens is 6. The van der Waals surface area contributed by atoms with Crippen molar-refractivity contribution in [2.24, 2.45) is 11.5 Å². The third kappa shape index (κ3) is 8.30. The van der Waals surface area contributed by atoms with Gasteiger partial charge in [0.2, 0.25) is 0 Å². The van der Waals surface area contributed by atoms with E-state index in [2.05, 4.69) is 10.6 Å². The number of hydrogen-bond donors (Lipinski definition) is 4. The predicted molar refractivity (Wildman–Crippen MR) is 150 cm³/mol. The lowest BCUT2D eigenvalue weighted by Gasteiger charge is -2.15. The Morgan fingerprint density at radius 3 is 1.17 bits per heavy atom. The van der Waals surface area contributed by atoms with E-state index in [-0.39, 0.29) is 36.0 Å². The normalized spacial score (nSPS) is 11.7. The van der Waals surface area contributed by atoms with Gasteiger partial charge in [-0.15, -0.1) is 0 Å². The van der Waals surface area contributed by atoms with Gasteiger partial charge in [0, 0.05) is 49.7 Å². The first-order chi connectivity index (χ1) is 19.9. The molecule has 0 unspecified atom stereocenters. The van der Waals surface area contributed by atoms with Crippen LogP contribution in [0.25, 0.3) is 11.1 Å². The smallest absolute Gasteiger partial charge is 0.416 e. The van der Waals surface area contributed by atoms with Crippen molar-refractivity contribution >= 4 is 11.4 Å². The Kier molecular flexibility index (Phi) is 9.48. The Labute approximate surface area is 238 Å². The maximum Gasteiger partial charge on any atom is 0.416 e. The maximum atomic E-state index is 13.4. The predicted octanol–water partition coefficient (Wildman–Crippen LogP) is 7.72. The van der Waals surface area contributed by atoms with E-state index in [9.17, 15) is 26.3 Å². The fourth-order valence-corrected chi connectivity index (χ4v) is 3.98. The quantitative estimate of drug-likeness (QED) is 0.134. The van der Waals surface area contributed by atoms with Crippen LogP contribution in [0.15, 0.2) is 84.9 Å². The summed E-state index contributed by atoms with van der Waals surface area (Å²) >= 11 is 0. The largest absolute Gasteiger partial charge is 0.457 e. The van der Waals surface area contributed by atoms with Gasteiger partial charge in [-0.2, -0.15) is 26.3 Å². The van der Waals surface area contributed by atoms with Gasteiger partial charge >= 0.3 is 12.4 Å². The van der Waals surface area contributed by atoms with E-state index in [0.29, 0.717) is 24.6 Å². The van der Waals surface area contributed by atoms with Crippen molar-refractivity contribution in [3.8, 4) is 34.1 Å². The first kappa shape index (κ1) is 30.5. The van der Waals surface area contributed by atoms with E-state index in [1.165, 1.54) is 12.1 Å². The van der Waals surface area contributed by atoms with Gasteiger partial charge in [0.05, 0.1) is 11.1 Å². The summed E-state index contributed by atoms with van der Waals surface area (Å²) in [5.41, 5.74) is 11.2. The molecule has 4 rings (SSSR count). The van der Waals surface area contributed by atoms with Crippen molar-refractivity contribution in [2.45, 2.75) is 12.4 Å². The van der Waals surface area contributed by atoms with Crippen molar-refractivity contribution in [1.29, 1.82) is 0 Å². The molecule has 12 heteroatoms. The van der Waals surface area contributed by atoms with Crippen molar-refractivity contribution in [2.75, 3.05) is 36.8 Å². The second-order valence-corrected chi connectivity index (χ2v) is 9.17. The summed E-state index contributed by atoms with van der Waals surface area (Å²) in [6.45, 7) is 1.10. The highest BCUT2D eigenvalue weighted by Gasteiger charge is 2.32. The van der Waals surface area contributed by atoms with Gasteiger partial charge < -0.3 is 31.6 Å². The number of alkyl halides is 6. The second kappa shape index (κ2) is 13.0. The first-order valence-corrected chi connectivity index (χ1v) is 12.8. The molecule has 0 aliphatic rings. The number of ether oxygens (including phenoxy) is 2. The van der Waals surface area contributed by atoms with Crippen molar-refractivity contribution in [1.82, 2.24) is 0 Å². The molecule has 6 nitrogen and oxygen atoms in total. The molecule has 0 aliphatic heterocycles. The Bertz CT molecular complexity index is 1360. The summed E-state index contributed by atoms with van der Waals surface area (Å²) in [4.78, 5) is 0. The van der Waals surface area contributed by atoms with Gasteiger partial charge in [-0.1, -0.05) is 24.3 Å². The van der Waals surface area contributed by atoms with Gasteiger partial charge in [-0.25, -0.2) is 0 Å². The molecule has 0 heterocycles. The minimum absolute atomic E-state index is 0.00887. The van der Waals surface area contributed by atoms with Crippen LogP contribution in [0, 0.1) is 0 Å². The molecule has 42 heavy (non-hydrogen) atoms. The second-order valence-electron chi connectivity index (χ2n) is 9.17. The molecule has 222 valence electrons. The summed E-state index contributed by atoms with van der Waals surface area (Å²) in [5.74, 6) is 0.668. The third-order valence-corrected chi connectivity index (χ3v) is 5.93. The fourth-order valence-electron chi connectivity index (χ4n) is 3.98. The van der Waals surface area contributed by atoms with Crippen LogP contribution in [0.3, 0.4) is 0 Å². The highest BCUT2D eigenvalue weighted by atomic mass is 19.4. The molecule has 0 bridgehead atoms. The summed E-state index contributed by atoms with van der Waals surface area (Å²) in [7, 11) is 0. The van der Waals surface area contributed by atoms with Gasteiger partial charge in [-0.3, -0.25) is 0 Å². The molecule has 6 N–H and O–H groups in total. The molecule has 0 amide bonds. The van der Waals surface area contributed by atoms with Crippen molar-refractivity contribution in [3.05, 3.63) is 96.1 Å². The lowest BCUT2D eigenvalue weighted by molar-refractivity contribution is -0.138. The van der Waals surface area contributed by atoms with Crippen LogP contribution in [0.4, 0.5) is 37.7 Å². The summed E-state index contributed by atoms with van der Waals surface area (Å²) < 4.78 is 91.5. The van der Waals surface area contributed by atoms with Crippen LogP contribution >= 0.6 is 0 Å². The number of benzene rings is 4. The molecule has 4 aromatic rings. The molecule has 0 fully saturated rings. The van der Waals surface area contributed by atoms with E-state index in [1.807, 2.05) is 0 Å². The topological polar surface area (TPSA) is 94.6 Å². The Morgan fingerprint density at radius 2 is 0.857 bits per heavy atom. The molecular formula is C30H28F6N4O2. The third-order valence-electron chi connectivity index (χ3n) is 5.93. The average molecular weight is 591 g/mol. The average Bonchev–Trinajstić information content (AvgIpc) is 2.95. The zero-order chi connectivity index (χ0) is 30.3. The molecule has 0 saturated carbocycles.